The summed E-state index contributed by atoms with van der Waals surface area (Å²) in [5.41, 5.74) is 2.31. The number of benzene rings is 1. The van der Waals surface area contributed by atoms with Crippen LogP contribution in [0.25, 0.3) is 0 Å². The first-order valence-corrected chi connectivity index (χ1v) is 9.73. The van der Waals surface area contributed by atoms with Crippen molar-refractivity contribution in [1.29, 1.82) is 0 Å². The van der Waals surface area contributed by atoms with Crippen LogP contribution in [0.3, 0.4) is 0 Å². The summed E-state index contributed by atoms with van der Waals surface area (Å²) < 4.78 is 5.37. The molecule has 156 valence electrons. The van der Waals surface area contributed by atoms with Gasteiger partial charge in [-0.05, 0) is 62.6 Å². The number of carbonyl (C=O) groups is 2. The Morgan fingerprint density at radius 3 is 2.34 bits per heavy atom. The molecule has 0 spiro atoms. The topological polar surface area (TPSA) is 100 Å². The van der Waals surface area contributed by atoms with Crippen LogP contribution >= 0.6 is 0 Å². The lowest BCUT2D eigenvalue weighted by molar-refractivity contribution is -0.124. The van der Waals surface area contributed by atoms with Gasteiger partial charge >= 0.3 is 0 Å². The van der Waals surface area contributed by atoms with Crippen LogP contribution in [-0.4, -0.2) is 29.4 Å². The fourth-order valence-corrected chi connectivity index (χ4v) is 3.02. The van der Waals surface area contributed by atoms with Crippen molar-refractivity contribution >= 4 is 11.8 Å². The minimum atomic E-state index is -0.723. The van der Waals surface area contributed by atoms with Gasteiger partial charge in [-0.25, -0.2) is 0 Å². The smallest absolute Gasteiger partial charge is 0.253 e. The van der Waals surface area contributed by atoms with Gasteiger partial charge in [0.2, 0.25) is 5.91 Å². The van der Waals surface area contributed by atoms with Gasteiger partial charge in [0, 0.05) is 23.4 Å². The maximum Gasteiger partial charge on any atom is 0.253 e. The van der Waals surface area contributed by atoms with Crippen molar-refractivity contribution < 1.29 is 14.3 Å². The van der Waals surface area contributed by atoms with Gasteiger partial charge in [-0.1, -0.05) is 13.8 Å². The molecule has 0 aliphatic carbocycles. The summed E-state index contributed by atoms with van der Waals surface area (Å²) in [5.74, 6) is -0.120. The molecule has 1 atom stereocenters. The number of aryl methyl sites for hydroxylation is 2. The van der Waals surface area contributed by atoms with Gasteiger partial charge < -0.3 is 20.4 Å². The van der Waals surface area contributed by atoms with E-state index < -0.39 is 6.04 Å². The summed E-state index contributed by atoms with van der Waals surface area (Å²) in [7, 11) is 0. The van der Waals surface area contributed by atoms with Crippen molar-refractivity contribution in [2.24, 2.45) is 5.92 Å². The number of rotatable bonds is 8. The Bertz CT molecular complexity index is 917. The van der Waals surface area contributed by atoms with E-state index in [1.54, 1.807) is 24.3 Å². The Kier molecular flexibility index (Phi) is 7.59. The van der Waals surface area contributed by atoms with E-state index in [1.807, 2.05) is 40.7 Å². The first-order valence-electron chi connectivity index (χ1n) is 9.73. The van der Waals surface area contributed by atoms with Crippen LogP contribution in [0.15, 0.2) is 35.1 Å². The van der Waals surface area contributed by atoms with Gasteiger partial charge in [-0.3, -0.25) is 14.4 Å². The Morgan fingerprint density at radius 2 is 1.79 bits per heavy atom. The minimum absolute atomic E-state index is 0.0996. The molecule has 0 saturated carbocycles. The lowest BCUT2D eigenvalue weighted by Crippen LogP contribution is -2.49. The van der Waals surface area contributed by atoms with Crippen LogP contribution in [0.1, 0.15) is 48.0 Å². The maximum absolute atomic E-state index is 12.7. The first-order chi connectivity index (χ1) is 13.7. The largest absolute Gasteiger partial charge is 0.494 e. The summed E-state index contributed by atoms with van der Waals surface area (Å²) in [4.78, 5) is 40.1. The molecular formula is C22H29N3O4. The summed E-state index contributed by atoms with van der Waals surface area (Å²) in [6.45, 7) is 9.88. The Labute approximate surface area is 170 Å². The van der Waals surface area contributed by atoms with E-state index in [2.05, 4.69) is 15.6 Å². The lowest BCUT2D eigenvalue weighted by Gasteiger charge is -2.22. The summed E-state index contributed by atoms with van der Waals surface area (Å²) in [5, 5.41) is 5.55. The zero-order valence-electron chi connectivity index (χ0n) is 17.6. The molecule has 0 radical (unpaired) electrons. The van der Waals surface area contributed by atoms with Crippen LogP contribution in [0.5, 0.6) is 5.75 Å². The molecular weight excluding hydrogens is 370 g/mol. The third-order valence-electron chi connectivity index (χ3n) is 4.60. The van der Waals surface area contributed by atoms with Crippen molar-refractivity contribution in [1.82, 2.24) is 15.6 Å². The van der Waals surface area contributed by atoms with E-state index in [0.717, 1.165) is 11.3 Å². The fraction of sp³-hybridized carbons (Fsp3) is 0.409. The van der Waals surface area contributed by atoms with Gasteiger partial charge in [-0.15, -0.1) is 0 Å². The minimum Gasteiger partial charge on any atom is -0.494 e. The van der Waals surface area contributed by atoms with Crippen LogP contribution in [0.2, 0.25) is 0 Å². The predicted molar refractivity (Wildman–Crippen MR) is 112 cm³/mol. The summed E-state index contributed by atoms with van der Waals surface area (Å²) >= 11 is 0. The number of pyridine rings is 1. The summed E-state index contributed by atoms with van der Waals surface area (Å²) in [6.07, 6.45) is 0. The van der Waals surface area contributed by atoms with Gasteiger partial charge in [0.1, 0.15) is 11.8 Å². The third kappa shape index (κ3) is 5.94. The molecule has 0 bridgehead atoms. The predicted octanol–water partition coefficient (Wildman–Crippen LogP) is 2.46. The lowest BCUT2D eigenvalue weighted by atomic mass is 10.0. The number of hydrogen-bond donors (Lipinski definition) is 3. The van der Waals surface area contributed by atoms with Crippen molar-refractivity contribution in [2.75, 3.05) is 6.61 Å². The molecule has 7 heteroatoms. The van der Waals surface area contributed by atoms with E-state index in [0.29, 0.717) is 23.5 Å². The van der Waals surface area contributed by atoms with Crippen LogP contribution in [0.4, 0.5) is 0 Å². The molecule has 1 aromatic carbocycles. The molecule has 0 fully saturated rings. The second-order valence-electron chi connectivity index (χ2n) is 7.31. The molecule has 2 amide bonds. The number of carbonyl (C=O) groups excluding carboxylic acids is 2. The number of hydrogen-bond acceptors (Lipinski definition) is 4. The molecule has 0 aliphatic rings. The molecule has 1 heterocycles. The number of aromatic amines is 1. The standard InChI is InChI=1S/C22H29N3O4/c1-6-29-17-9-7-16(8-10-17)20(26)25-19(13(2)3)22(28)23-12-18-14(4)11-15(5)24-21(18)27/h7-11,13,19H,6,12H2,1-5H3,(H,23,28)(H,24,27)(H,25,26)/t19-/m0/s1. The van der Waals surface area contributed by atoms with E-state index in [4.69, 9.17) is 4.74 Å². The van der Waals surface area contributed by atoms with Crippen LogP contribution in [0, 0.1) is 19.8 Å². The van der Waals surface area contributed by atoms with E-state index >= 15 is 0 Å². The number of ether oxygens (including phenoxy) is 1. The first kappa shape index (κ1) is 22.2. The highest BCUT2D eigenvalue weighted by Crippen LogP contribution is 2.13. The van der Waals surface area contributed by atoms with Crippen molar-refractivity contribution in [3.05, 3.63) is 63.1 Å². The Hall–Kier alpha value is -3.09. The van der Waals surface area contributed by atoms with E-state index in [1.165, 1.54) is 0 Å². The monoisotopic (exact) mass is 399 g/mol. The van der Waals surface area contributed by atoms with Crippen molar-refractivity contribution in [3.8, 4) is 5.75 Å². The molecule has 1 aromatic heterocycles. The third-order valence-corrected chi connectivity index (χ3v) is 4.60. The normalized spacial score (nSPS) is 11.8. The van der Waals surface area contributed by atoms with Gasteiger partial charge in [0.15, 0.2) is 0 Å². The molecule has 0 unspecified atom stereocenters. The highest BCUT2D eigenvalue weighted by Gasteiger charge is 2.25. The quantitative estimate of drug-likeness (QED) is 0.635. The number of aromatic nitrogens is 1. The average Bonchev–Trinajstić information content (AvgIpc) is 2.65. The Balaban J connectivity index is 2.06. The number of H-pyrrole nitrogens is 1. The molecule has 3 N–H and O–H groups in total. The average molecular weight is 399 g/mol. The second-order valence-corrected chi connectivity index (χ2v) is 7.31. The molecule has 0 saturated heterocycles. The SMILES string of the molecule is CCOc1ccc(C(=O)N[C@H](C(=O)NCc2c(C)cc(C)[nH]c2=O)C(C)C)cc1. The number of amides is 2. The molecule has 7 nitrogen and oxygen atoms in total. The van der Waals surface area contributed by atoms with Crippen molar-refractivity contribution in [2.45, 2.75) is 47.2 Å². The van der Waals surface area contributed by atoms with Gasteiger partial charge in [-0.2, -0.15) is 0 Å². The van der Waals surface area contributed by atoms with Crippen LogP contribution < -0.4 is 20.9 Å². The zero-order valence-corrected chi connectivity index (χ0v) is 17.6. The molecule has 29 heavy (non-hydrogen) atoms. The van der Waals surface area contributed by atoms with E-state index in [9.17, 15) is 14.4 Å². The summed E-state index contributed by atoms with van der Waals surface area (Å²) in [6, 6.07) is 7.88. The van der Waals surface area contributed by atoms with Gasteiger partial charge in [0.25, 0.3) is 11.5 Å². The highest BCUT2D eigenvalue weighted by atomic mass is 16.5. The maximum atomic E-state index is 12.7. The van der Waals surface area contributed by atoms with Gasteiger partial charge in [0.05, 0.1) is 6.61 Å². The number of nitrogens with one attached hydrogen (secondary N) is 3. The molecule has 2 rings (SSSR count). The van der Waals surface area contributed by atoms with Crippen molar-refractivity contribution in [3.63, 3.8) is 0 Å². The second kappa shape index (κ2) is 9.91. The van der Waals surface area contributed by atoms with E-state index in [-0.39, 0.29) is 29.8 Å². The molecule has 0 aliphatic heterocycles. The fourth-order valence-electron chi connectivity index (χ4n) is 3.02. The zero-order chi connectivity index (χ0) is 21.6. The molecule has 2 aromatic rings. The van der Waals surface area contributed by atoms with Crippen LogP contribution in [-0.2, 0) is 11.3 Å². The Morgan fingerprint density at radius 1 is 1.14 bits per heavy atom. The highest BCUT2D eigenvalue weighted by molar-refractivity contribution is 5.97.